The van der Waals surface area contributed by atoms with Crippen molar-refractivity contribution in [1.82, 2.24) is 0 Å². The normalized spacial score (nSPS) is 11.5. The summed E-state index contributed by atoms with van der Waals surface area (Å²) in [4.78, 5) is 15.2. The van der Waals surface area contributed by atoms with Crippen LogP contribution in [-0.4, -0.2) is 11.5 Å². The minimum atomic E-state index is -0.301. The summed E-state index contributed by atoms with van der Waals surface area (Å²) in [6, 6.07) is 5.75. The summed E-state index contributed by atoms with van der Waals surface area (Å²) in [5.41, 5.74) is 1.12. The molecule has 0 aliphatic rings. The molecule has 0 heterocycles. The van der Waals surface area contributed by atoms with Crippen LogP contribution in [0.2, 0.25) is 0 Å². The summed E-state index contributed by atoms with van der Waals surface area (Å²) in [7, 11) is 0. The lowest BCUT2D eigenvalue weighted by Gasteiger charge is -1.98. The first-order valence-electron chi connectivity index (χ1n) is 4.47. The van der Waals surface area contributed by atoms with E-state index in [-0.39, 0.29) is 11.6 Å². The Kier molecular flexibility index (Phi) is 3.51. The summed E-state index contributed by atoms with van der Waals surface area (Å²) < 4.78 is 12.5. The number of halogens is 1. The molecule has 0 atom stereocenters. The first-order valence-corrected chi connectivity index (χ1v) is 4.47. The van der Waals surface area contributed by atoms with E-state index in [1.807, 2.05) is 6.92 Å². The van der Waals surface area contributed by atoms with Gasteiger partial charge in [0.1, 0.15) is 5.82 Å². The van der Waals surface area contributed by atoms with Crippen molar-refractivity contribution in [3.63, 3.8) is 0 Å². The zero-order valence-corrected chi connectivity index (χ0v) is 8.25. The molecule has 0 aliphatic heterocycles. The molecule has 0 radical (unpaired) electrons. The van der Waals surface area contributed by atoms with Crippen molar-refractivity contribution in [2.45, 2.75) is 20.3 Å². The number of hydrogen-bond donors (Lipinski definition) is 0. The monoisotopic (exact) mass is 193 g/mol. The molecule has 1 rings (SSSR count). The first kappa shape index (κ1) is 10.6. The van der Waals surface area contributed by atoms with Crippen molar-refractivity contribution in [2.24, 2.45) is 4.99 Å². The number of benzene rings is 1. The summed E-state index contributed by atoms with van der Waals surface area (Å²) >= 11 is 0. The Labute approximate surface area is 82.5 Å². The number of carbonyl (C=O) groups excluding carboxylic acids is 1. The van der Waals surface area contributed by atoms with Crippen molar-refractivity contribution in [3.8, 4) is 0 Å². The van der Waals surface area contributed by atoms with E-state index in [2.05, 4.69) is 4.99 Å². The van der Waals surface area contributed by atoms with E-state index in [1.54, 1.807) is 12.1 Å². The topological polar surface area (TPSA) is 29.4 Å². The highest BCUT2D eigenvalue weighted by atomic mass is 19.1. The number of aliphatic imine (C=N–C) groups is 1. The van der Waals surface area contributed by atoms with Gasteiger partial charge in [0.15, 0.2) is 5.78 Å². The fourth-order valence-corrected chi connectivity index (χ4v) is 1.08. The average Bonchev–Trinajstić information content (AvgIpc) is 2.16. The fourth-order valence-electron chi connectivity index (χ4n) is 1.08. The van der Waals surface area contributed by atoms with Crippen molar-refractivity contribution >= 4 is 17.2 Å². The Hall–Kier alpha value is -1.51. The second-order valence-corrected chi connectivity index (χ2v) is 2.94. The van der Waals surface area contributed by atoms with Crippen molar-refractivity contribution in [2.75, 3.05) is 0 Å². The van der Waals surface area contributed by atoms with Crippen LogP contribution in [0.1, 0.15) is 20.3 Å². The minimum Gasteiger partial charge on any atom is -0.293 e. The summed E-state index contributed by atoms with van der Waals surface area (Å²) in [5, 5.41) is 0. The van der Waals surface area contributed by atoms with Crippen LogP contribution in [-0.2, 0) is 4.79 Å². The molecule has 2 nitrogen and oxygen atoms in total. The standard InChI is InChI=1S/C11H12FNO/c1-3-11(8(2)14)13-10-6-4-9(12)5-7-10/h4-7H,3H2,1-2H3. The SMILES string of the molecule is CCC(=Nc1ccc(F)cc1)C(C)=O. The van der Waals surface area contributed by atoms with E-state index < -0.39 is 0 Å². The molecule has 0 aliphatic carbocycles. The molecular formula is C11H12FNO. The maximum atomic E-state index is 12.5. The molecule has 0 fully saturated rings. The quantitative estimate of drug-likeness (QED) is 0.678. The zero-order valence-electron chi connectivity index (χ0n) is 8.25. The summed E-state index contributed by atoms with van der Waals surface area (Å²) in [6.07, 6.45) is 0.590. The number of carbonyl (C=O) groups is 1. The Morgan fingerprint density at radius 2 is 1.93 bits per heavy atom. The minimum absolute atomic E-state index is 0.0446. The first-order chi connectivity index (χ1) is 6.63. The van der Waals surface area contributed by atoms with E-state index in [0.29, 0.717) is 17.8 Å². The third-order valence-electron chi connectivity index (χ3n) is 1.83. The lowest BCUT2D eigenvalue weighted by Crippen LogP contribution is -2.07. The number of ketones is 1. The van der Waals surface area contributed by atoms with E-state index in [9.17, 15) is 9.18 Å². The van der Waals surface area contributed by atoms with Gasteiger partial charge < -0.3 is 0 Å². The smallest absolute Gasteiger partial charge is 0.173 e. The predicted octanol–water partition coefficient (Wildman–Crippen LogP) is 2.90. The van der Waals surface area contributed by atoms with Gasteiger partial charge in [-0.3, -0.25) is 4.79 Å². The Balaban J connectivity index is 2.95. The highest BCUT2D eigenvalue weighted by Crippen LogP contribution is 2.13. The van der Waals surface area contributed by atoms with Gasteiger partial charge in [-0.25, -0.2) is 9.38 Å². The molecule has 0 saturated carbocycles. The number of rotatable bonds is 3. The molecule has 1 aromatic carbocycles. The summed E-state index contributed by atoms with van der Waals surface area (Å²) in [5.74, 6) is -0.346. The van der Waals surface area contributed by atoms with E-state index >= 15 is 0 Å². The Bertz CT molecular complexity index is 354. The molecule has 0 bridgehead atoms. The van der Waals surface area contributed by atoms with Crippen LogP contribution in [0.4, 0.5) is 10.1 Å². The largest absolute Gasteiger partial charge is 0.293 e. The van der Waals surface area contributed by atoms with Crippen LogP contribution in [0.5, 0.6) is 0 Å². The number of Topliss-reactive ketones (excluding diaryl/α,β-unsaturated/α-hetero) is 1. The van der Waals surface area contributed by atoms with Gasteiger partial charge in [0.2, 0.25) is 0 Å². The van der Waals surface area contributed by atoms with Crippen molar-refractivity contribution < 1.29 is 9.18 Å². The van der Waals surface area contributed by atoms with Gasteiger partial charge >= 0.3 is 0 Å². The second-order valence-electron chi connectivity index (χ2n) is 2.94. The van der Waals surface area contributed by atoms with Crippen LogP contribution in [0.15, 0.2) is 29.3 Å². The van der Waals surface area contributed by atoms with Gasteiger partial charge in [-0.1, -0.05) is 6.92 Å². The van der Waals surface area contributed by atoms with E-state index in [0.717, 1.165) is 0 Å². The van der Waals surface area contributed by atoms with Crippen LogP contribution in [0.25, 0.3) is 0 Å². The van der Waals surface area contributed by atoms with Crippen LogP contribution in [0, 0.1) is 5.82 Å². The molecular weight excluding hydrogens is 181 g/mol. The third-order valence-corrected chi connectivity index (χ3v) is 1.83. The van der Waals surface area contributed by atoms with Crippen LogP contribution < -0.4 is 0 Å². The lowest BCUT2D eigenvalue weighted by atomic mass is 10.2. The van der Waals surface area contributed by atoms with Crippen LogP contribution >= 0.6 is 0 Å². The predicted molar refractivity (Wildman–Crippen MR) is 54.5 cm³/mol. The molecule has 74 valence electrons. The van der Waals surface area contributed by atoms with E-state index in [1.165, 1.54) is 19.1 Å². The highest BCUT2D eigenvalue weighted by Gasteiger charge is 2.02. The Morgan fingerprint density at radius 1 is 1.36 bits per heavy atom. The maximum Gasteiger partial charge on any atom is 0.173 e. The fraction of sp³-hybridized carbons (Fsp3) is 0.273. The second kappa shape index (κ2) is 4.65. The van der Waals surface area contributed by atoms with Gasteiger partial charge in [-0.15, -0.1) is 0 Å². The number of hydrogen-bond acceptors (Lipinski definition) is 2. The van der Waals surface area contributed by atoms with Gasteiger partial charge in [-0.2, -0.15) is 0 Å². The average molecular weight is 193 g/mol. The molecule has 0 unspecified atom stereocenters. The molecule has 0 aromatic heterocycles. The molecule has 0 spiro atoms. The van der Waals surface area contributed by atoms with Gasteiger partial charge in [0, 0.05) is 6.92 Å². The highest BCUT2D eigenvalue weighted by molar-refractivity contribution is 6.39. The number of nitrogens with zero attached hydrogens (tertiary/aromatic N) is 1. The molecule has 1 aromatic rings. The van der Waals surface area contributed by atoms with Crippen molar-refractivity contribution in [3.05, 3.63) is 30.1 Å². The zero-order chi connectivity index (χ0) is 10.6. The molecule has 3 heteroatoms. The van der Waals surface area contributed by atoms with Gasteiger partial charge in [-0.05, 0) is 30.7 Å². The van der Waals surface area contributed by atoms with Gasteiger partial charge in [0.25, 0.3) is 0 Å². The van der Waals surface area contributed by atoms with E-state index in [4.69, 9.17) is 0 Å². The molecule has 0 N–H and O–H groups in total. The third kappa shape index (κ3) is 2.76. The molecule has 0 amide bonds. The molecule has 14 heavy (non-hydrogen) atoms. The van der Waals surface area contributed by atoms with Gasteiger partial charge in [0.05, 0.1) is 11.4 Å². The summed E-state index contributed by atoms with van der Waals surface area (Å²) in [6.45, 7) is 3.34. The van der Waals surface area contributed by atoms with Crippen molar-refractivity contribution in [1.29, 1.82) is 0 Å². The Morgan fingerprint density at radius 3 is 2.36 bits per heavy atom. The lowest BCUT2D eigenvalue weighted by molar-refractivity contribution is -0.111. The molecule has 0 saturated heterocycles. The van der Waals surface area contributed by atoms with Crippen LogP contribution in [0.3, 0.4) is 0 Å². The maximum absolute atomic E-state index is 12.5.